The summed E-state index contributed by atoms with van der Waals surface area (Å²) in [7, 11) is 0. The minimum Gasteiger partial charge on any atom is -0.444 e. The van der Waals surface area contributed by atoms with Gasteiger partial charge in [0.15, 0.2) is 11.6 Å². The molecule has 3 aliphatic rings. The van der Waals surface area contributed by atoms with E-state index in [0.29, 0.717) is 31.1 Å². The first-order valence-corrected chi connectivity index (χ1v) is 11.8. The van der Waals surface area contributed by atoms with Gasteiger partial charge in [0, 0.05) is 25.2 Å². The number of halogens is 5. The van der Waals surface area contributed by atoms with E-state index in [-0.39, 0.29) is 49.7 Å². The number of ether oxygens (including phenoxy) is 1. The standard InChI is InChI=1S/C25H28F5N3O3/c1-24(2,3)36-23(35)33-11-8-15-12-31-21(17(15)13-33)22(34)32-9-6-14(7-10-32)16-4-5-18(26)20(27)19(16)25(28,29)30/h4-5,14H,6-13H2,1-3H3. The lowest BCUT2D eigenvalue weighted by Crippen LogP contribution is -2.45. The van der Waals surface area contributed by atoms with Crippen LogP contribution in [-0.4, -0.2) is 65.8 Å². The highest BCUT2D eigenvalue weighted by Crippen LogP contribution is 2.41. The Labute approximate surface area is 205 Å². The van der Waals surface area contributed by atoms with E-state index in [1.165, 1.54) is 9.80 Å². The SMILES string of the molecule is CC(C)(C)OC(=O)N1CCC2=C(C1)C(C(=O)N1CCC(c3ccc(F)c(F)c3C(F)(F)F)CC1)=NC2. The third kappa shape index (κ3) is 5.24. The lowest BCUT2D eigenvalue weighted by atomic mass is 9.85. The van der Waals surface area contributed by atoms with Gasteiger partial charge in [-0.15, -0.1) is 0 Å². The fourth-order valence-corrected chi connectivity index (χ4v) is 4.91. The van der Waals surface area contributed by atoms with Gasteiger partial charge in [-0.05, 0) is 63.2 Å². The molecule has 1 saturated heterocycles. The van der Waals surface area contributed by atoms with Gasteiger partial charge in [0.2, 0.25) is 0 Å². The van der Waals surface area contributed by atoms with Gasteiger partial charge in [-0.25, -0.2) is 13.6 Å². The second kappa shape index (κ2) is 9.48. The predicted molar refractivity (Wildman–Crippen MR) is 122 cm³/mol. The summed E-state index contributed by atoms with van der Waals surface area (Å²) < 4.78 is 73.4. The fraction of sp³-hybridized carbons (Fsp3) is 0.560. The lowest BCUT2D eigenvalue weighted by Gasteiger charge is -2.34. The number of hydrogen-bond acceptors (Lipinski definition) is 4. The average Bonchev–Trinajstić information content (AvgIpc) is 3.21. The van der Waals surface area contributed by atoms with Gasteiger partial charge in [0.25, 0.3) is 5.91 Å². The van der Waals surface area contributed by atoms with Crippen molar-refractivity contribution in [3.63, 3.8) is 0 Å². The minimum atomic E-state index is -5.03. The number of carbonyl (C=O) groups excluding carboxylic acids is 2. The first kappa shape index (κ1) is 26.1. The van der Waals surface area contributed by atoms with Crippen LogP contribution in [-0.2, 0) is 15.7 Å². The number of piperidine rings is 1. The normalized spacial score (nSPS) is 19.4. The van der Waals surface area contributed by atoms with Crippen molar-refractivity contribution in [2.75, 3.05) is 32.7 Å². The van der Waals surface area contributed by atoms with Crippen LogP contribution in [0.15, 0.2) is 28.3 Å². The maximum atomic E-state index is 14.0. The summed E-state index contributed by atoms with van der Waals surface area (Å²) >= 11 is 0. The van der Waals surface area contributed by atoms with E-state index in [4.69, 9.17) is 4.74 Å². The zero-order chi connectivity index (χ0) is 26.4. The molecule has 2 amide bonds. The van der Waals surface area contributed by atoms with Crippen LogP contribution in [0.1, 0.15) is 57.1 Å². The Kier molecular flexibility index (Phi) is 6.87. The highest BCUT2D eigenvalue weighted by atomic mass is 19.4. The molecular formula is C25H28F5N3O3. The largest absolute Gasteiger partial charge is 0.444 e. The van der Waals surface area contributed by atoms with Crippen molar-refractivity contribution in [2.24, 2.45) is 4.99 Å². The molecule has 1 aromatic rings. The molecule has 1 aromatic carbocycles. The number of benzene rings is 1. The molecule has 1 fully saturated rings. The maximum absolute atomic E-state index is 14.0. The highest BCUT2D eigenvalue weighted by molar-refractivity contribution is 6.46. The Morgan fingerprint density at radius 3 is 2.31 bits per heavy atom. The van der Waals surface area contributed by atoms with Crippen LogP contribution in [0.3, 0.4) is 0 Å². The monoisotopic (exact) mass is 513 g/mol. The van der Waals surface area contributed by atoms with Crippen LogP contribution >= 0.6 is 0 Å². The van der Waals surface area contributed by atoms with Crippen molar-refractivity contribution in [1.82, 2.24) is 9.80 Å². The first-order valence-electron chi connectivity index (χ1n) is 11.8. The van der Waals surface area contributed by atoms with Gasteiger partial charge in [0.05, 0.1) is 18.7 Å². The van der Waals surface area contributed by atoms with E-state index >= 15 is 0 Å². The average molecular weight is 514 g/mol. The summed E-state index contributed by atoms with van der Waals surface area (Å²) in [4.78, 5) is 33.2. The van der Waals surface area contributed by atoms with Crippen molar-refractivity contribution >= 4 is 17.7 Å². The van der Waals surface area contributed by atoms with Crippen LogP contribution in [0.5, 0.6) is 0 Å². The number of amides is 2. The van der Waals surface area contributed by atoms with Crippen molar-refractivity contribution in [1.29, 1.82) is 0 Å². The third-order valence-corrected chi connectivity index (χ3v) is 6.66. The van der Waals surface area contributed by atoms with E-state index in [9.17, 15) is 31.5 Å². The highest BCUT2D eigenvalue weighted by Gasteiger charge is 2.41. The van der Waals surface area contributed by atoms with E-state index < -0.39 is 41.0 Å². The molecular weight excluding hydrogens is 485 g/mol. The van der Waals surface area contributed by atoms with Crippen LogP contribution < -0.4 is 0 Å². The summed E-state index contributed by atoms with van der Waals surface area (Å²) in [5.74, 6) is -4.45. The van der Waals surface area contributed by atoms with E-state index in [2.05, 4.69) is 4.99 Å². The van der Waals surface area contributed by atoms with E-state index in [0.717, 1.165) is 11.6 Å². The molecule has 196 valence electrons. The molecule has 4 rings (SSSR count). The smallest absolute Gasteiger partial charge is 0.419 e. The lowest BCUT2D eigenvalue weighted by molar-refractivity contribution is -0.141. The summed E-state index contributed by atoms with van der Waals surface area (Å²) in [5.41, 5.74) is -0.578. The Balaban J connectivity index is 1.44. The topological polar surface area (TPSA) is 62.2 Å². The van der Waals surface area contributed by atoms with Gasteiger partial charge in [0.1, 0.15) is 11.3 Å². The van der Waals surface area contributed by atoms with Crippen LogP contribution in [0.2, 0.25) is 0 Å². The van der Waals surface area contributed by atoms with Gasteiger partial charge >= 0.3 is 12.3 Å². The number of rotatable bonds is 2. The number of alkyl halides is 3. The molecule has 0 saturated carbocycles. The van der Waals surface area contributed by atoms with Gasteiger partial charge in [-0.3, -0.25) is 9.79 Å². The zero-order valence-corrected chi connectivity index (χ0v) is 20.3. The summed E-state index contributed by atoms with van der Waals surface area (Å²) in [5, 5.41) is 0. The third-order valence-electron chi connectivity index (χ3n) is 6.66. The maximum Gasteiger partial charge on any atom is 0.419 e. The molecule has 11 heteroatoms. The number of nitrogens with zero attached hydrogens (tertiary/aromatic N) is 3. The Bertz CT molecular complexity index is 1130. The van der Waals surface area contributed by atoms with Gasteiger partial charge in [-0.1, -0.05) is 6.07 Å². The van der Waals surface area contributed by atoms with E-state index in [1.807, 2.05) is 0 Å². The quantitative estimate of drug-likeness (QED) is 0.518. The molecule has 36 heavy (non-hydrogen) atoms. The Morgan fingerprint density at radius 1 is 1.03 bits per heavy atom. The summed E-state index contributed by atoms with van der Waals surface area (Å²) in [6.45, 7) is 6.65. The molecule has 0 atom stereocenters. The molecule has 0 bridgehead atoms. The molecule has 3 heterocycles. The molecule has 0 aliphatic carbocycles. The number of carbonyl (C=O) groups is 2. The number of hydrogen-bond donors (Lipinski definition) is 0. The summed E-state index contributed by atoms with van der Waals surface area (Å²) in [6, 6.07) is 1.69. The van der Waals surface area contributed by atoms with Crippen LogP contribution in [0, 0.1) is 11.6 Å². The minimum absolute atomic E-state index is 0.150. The Hall–Kier alpha value is -2.98. The van der Waals surface area contributed by atoms with Gasteiger partial charge in [-0.2, -0.15) is 13.2 Å². The second-order valence-corrected chi connectivity index (χ2v) is 10.3. The van der Waals surface area contributed by atoms with Crippen LogP contribution in [0.4, 0.5) is 26.7 Å². The Morgan fingerprint density at radius 2 is 1.69 bits per heavy atom. The van der Waals surface area contributed by atoms with E-state index in [1.54, 1.807) is 20.8 Å². The molecule has 0 aromatic heterocycles. The fourth-order valence-electron chi connectivity index (χ4n) is 4.91. The zero-order valence-electron chi connectivity index (χ0n) is 20.3. The summed E-state index contributed by atoms with van der Waals surface area (Å²) in [6.07, 6.45) is -4.59. The number of likely N-dealkylation sites (tertiary alicyclic amines) is 1. The van der Waals surface area contributed by atoms with Crippen LogP contribution in [0.25, 0.3) is 0 Å². The predicted octanol–water partition coefficient (Wildman–Crippen LogP) is 5.08. The molecule has 3 aliphatic heterocycles. The van der Waals surface area contributed by atoms with Crippen molar-refractivity contribution in [2.45, 2.75) is 57.7 Å². The second-order valence-electron chi connectivity index (χ2n) is 10.3. The molecule has 6 nitrogen and oxygen atoms in total. The molecule has 0 N–H and O–H groups in total. The van der Waals surface area contributed by atoms with Crippen molar-refractivity contribution < 1.29 is 36.3 Å². The van der Waals surface area contributed by atoms with Gasteiger partial charge < -0.3 is 14.5 Å². The van der Waals surface area contributed by atoms with Crippen molar-refractivity contribution in [3.05, 3.63) is 46.0 Å². The molecule has 0 unspecified atom stereocenters. The number of aliphatic imine (C=N–C) groups is 1. The first-order chi connectivity index (χ1) is 16.8. The van der Waals surface area contributed by atoms with Crippen molar-refractivity contribution in [3.8, 4) is 0 Å². The molecule has 0 spiro atoms. The molecule has 0 radical (unpaired) electrons.